The molecule has 0 aromatic heterocycles. The van der Waals surface area contributed by atoms with Crippen LogP contribution in [0.5, 0.6) is 0 Å². The minimum atomic E-state index is -0.519. The van der Waals surface area contributed by atoms with Crippen LogP contribution in [0.4, 0.5) is 0 Å². The molecule has 3 atom stereocenters. The minimum Gasteiger partial charge on any atom is -0.388 e. The lowest BCUT2D eigenvalue weighted by Crippen LogP contribution is -2.51. The Morgan fingerprint density at radius 3 is 2.65 bits per heavy atom. The zero-order chi connectivity index (χ0) is 17.9. The summed E-state index contributed by atoms with van der Waals surface area (Å²) in [6.07, 6.45) is 2.83. The minimum absolute atomic E-state index is 0.122. The summed E-state index contributed by atoms with van der Waals surface area (Å²) >= 11 is 0. The first-order valence-corrected chi connectivity index (χ1v) is 9.56. The van der Waals surface area contributed by atoms with Crippen LogP contribution in [-0.4, -0.2) is 34.5 Å². The molecule has 4 rings (SSSR count). The third-order valence-corrected chi connectivity index (χ3v) is 5.72. The lowest BCUT2D eigenvalue weighted by Gasteiger charge is -2.33. The number of carbonyl (C=O) groups is 1. The van der Waals surface area contributed by atoms with Gasteiger partial charge in [-0.05, 0) is 42.4 Å². The summed E-state index contributed by atoms with van der Waals surface area (Å²) in [5, 5.41) is 14.0. The van der Waals surface area contributed by atoms with Crippen molar-refractivity contribution >= 4 is 5.91 Å². The number of carbonyl (C=O) groups excluding carboxylic acids is 1. The van der Waals surface area contributed by atoms with Crippen LogP contribution in [0.25, 0.3) is 0 Å². The van der Waals surface area contributed by atoms with Crippen LogP contribution in [-0.2, 0) is 17.8 Å². The number of aliphatic hydroxyl groups is 1. The second kappa shape index (κ2) is 7.60. The summed E-state index contributed by atoms with van der Waals surface area (Å²) < 4.78 is 0. The number of aliphatic hydroxyl groups excluding tert-OH is 1. The van der Waals surface area contributed by atoms with Crippen molar-refractivity contribution in [2.75, 3.05) is 6.54 Å². The number of rotatable bonds is 4. The van der Waals surface area contributed by atoms with Crippen molar-refractivity contribution in [3.05, 3.63) is 71.3 Å². The molecule has 2 N–H and O–H groups in total. The molecular formula is C22H26N2O2. The Labute approximate surface area is 154 Å². The highest BCUT2D eigenvalue weighted by atomic mass is 16.3. The molecule has 2 heterocycles. The van der Waals surface area contributed by atoms with Gasteiger partial charge in [0.1, 0.15) is 0 Å². The van der Waals surface area contributed by atoms with E-state index in [-0.39, 0.29) is 18.0 Å². The second-order valence-corrected chi connectivity index (χ2v) is 7.40. The van der Waals surface area contributed by atoms with Crippen molar-refractivity contribution in [3.63, 3.8) is 0 Å². The van der Waals surface area contributed by atoms with Crippen LogP contribution in [0.1, 0.15) is 42.1 Å². The summed E-state index contributed by atoms with van der Waals surface area (Å²) in [6, 6.07) is 18.0. The quantitative estimate of drug-likeness (QED) is 0.892. The van der Waals surface area contributed by atoms with E-state index < -0.39 is 6.10 Å². The van der Waals surface area contributed by atoms with E-state index in [9.17, 15) is 9.90 Å². The average Bonchev–Trinajstić information content (AvgIpc) is 3.15. The molecule has 136 valence electrons. The maximum absolute atomic E-state index is 13.1. The van der Waals surface area contributed by atoms with Gasteiger partial charge in [0.05, 0.1) is 12.1 Å². The maximum Gasteiger partial charge on any atom is 0.240 e. The van der Waals surface area contributed by atoms with Crippen LogP contribution in [0, 0.1) is 0 Å². The van der Waals surface area contributed by atoms with Gasteiger partial charge in [0.15, 0.2) is 0 Å². The predicted molar refractivity (Wildman–Crippen MR) is 102 cm³/mol. The summed E-state index contributed by atoms with van der Waals surface area (Å²) in [4.78, 5) is 15.1. The van der Waals surface area contributed by atoms with E-state index in [1.54, 1.807) is 0 Å². The molecular weight excluding hydrogens is 324 g/mol. The van der Waals surface area contributed by atoms with Crippen molar-refractivity contribution < 1.29 is 9.90 Å². The Hall–Kier alpha value is -2.17. The molecule has 26 heavy (non-hydrogen) atoms. The van der Waals surface area contributed by atoms with Crippen molar-refractivity contribution in [1.82, 2.24) is 10.2 Å². The molecule has 1 fully saturated rings. The van der Waals surface area contributed by atoms with E-state index in [2.05, 4.69) is 17.4 Å². The fourth-order valence-electron chi connectivity index (χ4n) is 4.27. The molecule has 1 saturated heterocycles. The van der Waals surface area contributed by atoms with E-state index >= 15 is 0 Å². The van der Waals surface area contributed by atoms with Gasteiger partial charge in [-0.3, -0.25) is 4.79 Å². The van der Waals surface area contributed by atoms with Crippen LogP contribution >= 0.6 is 0 Å². The van der Waals surface area contributed by atoms with Crippen LogP contribution in [0.3, 0.4) is 0 Å². The number of hydrogen-bond donors (Lipinski definition) is 2. The molecule has 0 radical (unpaired) electrons. The van der Waals surface area contributed by atoms with Gasteiger partial charge < -0.3 is 15.3 Å². The summed E-state index contributed by atoms with van der Waals surface area (Å²) in [5.74, 6) is 0.183. The lowest BCUT2D eigenvalue weighted by molar-refractivity contribution is -0.135. The van der Waals surface area contributed by atoms with Gasteiger partial charge in [-0.15, -0.1) is 0 Å². The summed E-state index contributed by atoms with van der Waals surface area (Å²) in [6.45, 7) is 1.54. The fraction of sp³-hybridized carbons (Fsp3) is 0.409. The highest BCUT2D eigenvalue weighted by molar-refractivity contribution is 5.83. The SMILES string of the molecule is O=C([C@@H]1Cc2ccccc2CN1)N1CCC[C@@H]1C[C@H](O)c1ccccc1. The molecule has 2 aliphatic heterocycles. The Balaban J connectivity index is 1.42. The Morgan fingerprint density at radius 1 is 1.12 bits per heavy atom. The number of hydrogen-bond acceptors (Lipinski definition) is 3. The first-order valence-electron chi connectivity index (χ1n) is 9.56. The zero-order valence-corrected chi connectivity index (χ0v) is 15.0. The van der Waals surface area contributed by atoms with Crippen molar-refractivity contribution in [1.29, 1.82) is 0 Å². The highest BCUT2D eigenvalue weighted by Crippen LogP contribution is 2.29. The molecule has 4 heteroatoms. The molecule has 2 aliphatic rings. The highest BCUT2D eigenvalue weighted by Gasteiger charge is 2.35. The fourth-order valence-corrected chi connectivity index (χ4v) is 4.27. The summed E-state index contributed by atoms with van der Waals surface area (Å²) in [5.41, 5.74) is 3.48. The third-order valence-electron chi connectivity index (χ3n) is 5.72. The monoisotopic (exact) mass is 350 g/mol. The van der Waals surface area contributed by atoms with Gasteiger partial charge in [-0.1, -0.05) is 54.6 Å². The van der Waals surface area contributed by atoms with Gasteiger partial charge in [0.25, 0.3) is 0 Å². The van der Waals surface area contributed by atoms with Gasteiger partial charge in [0, 0.05) is 19.1 Å². The summed E-state index contributed by atoms with van der Waals surface area (Å²) in [7, 11) is 0. The number of benzene rings is 2. The standard InChI is InChI=1S/C22H26N2O2/c25-21(16-7-2-1-3-8-16)14-19-11-6-12-24(19)22(26)20-13-17-9-4-5-10-18(17)15-23-20/h1-5,7-10,19-21,23,25H,6,11-15H2/t19-,20+,21+/m1/s1. The topological polar surface area (TPSA) is 52.6 Å². The molecule has 0 spiro atoms. The van der Waals surface area contributed by atoms with Gasteiger partial charge in [-0.25, -0.2) is 0 Å². The van der Waals surface area contributed by atoms with Crippen molar-refractivity contribution in [2.45, 2.75) is 50.4 Å². The second-order valence-electron chi connectivity index (χ2n) is 7.40. The Morgan fingerprint density at radius 2 is 1.85 bits per heavy atom. The van der Waals surface area contributed by atoms with E-state index in [0.29, 0.717) is 6.42 Å². The molecule has 0 unspecified atom stereocenters. The van der Waals surface area contributed by atoms with Crippen LogP contribution in [0.2, 0.25) is 0 Å². The molecule has 0 bridgehead atoms. The normalized spacial score (nSPS) is 23.5. The third kappa shape index (κ3) is 3.53. The molecule has 0 saturated carbocycles. The number of nitrogens with zero attached hydrogens (tertiary/aromatic N) is 1. The van der Waals surface area contributed by atoms with E-state index in [1.165, 1.54) is 11.1 Å². The lowest BCUT2D eigenvalue weighted by atomic mass is 9.94. The molecule has 2 aromatic rings. The Bertz CT molecular complexity index is 762. The molecule has 0 aliphatic carbocycles. The van der Waals surface area contributed by atoms with E-state index in [0.717, 1.165) is 37.9 Å². The maximum atomic E-state index is 13.1. The van der Waals surface area contributed by atoms with Crippen molar-refractivity contribution in [2.24, 2.45) is 0 Å². The smallest absolute Gasteiger partial charge is 0.240 e. The molecule has 4 nitrogen and oxygen atoms in total. The van der Waals surface area contributed by atoms with Crippen LogP contribution < -0.4 is 5.32 Å². The van der Waals surface area contributed by atoms with Gasteiger partial charge in [-0.2, -0.15) is 0 Å². The zero-order valence-electron chi connectivity index (χ0n) is 15.0. The number of fused-ring (bicyclic) bond motifs is 1. The average molecular weight is 350 g/mol. The predicted octanol–water partition coefficient (Wildman–Crippen LogP) is 2.82. The number of amides is 1. The number of likely N-dealkylation sites (tertiary alicyclic amines) is 1. The molecule has 1 amide bonds. The Kier molecular flexibility index (Phi) is 5.05. The van der Waals surface area contributed by atoms with Crippen LogP contribution in [0.15, 0.2) is 54.6 Å². The van der Waals surface area contributed by atoms with Gasteiger partial charge in [0.2, 0.25) is 5.91 Å². The molecule has 2 aromatic carbocycles. The first kappa shape index (κ1) is 17.3. The largest absolute Gasteiger partial charge is 0.388 e. The van der Waals surface area contributed by atoms with E-state index in [4.69, 9.17) is 0 Å². The van der Waals surface area contributed by atoms with Crippen molar-refractivity contribution in [3.8, 4) is 0 Å². The number of nitrogens with one attached hydrogen (secondary N) is 1. The van der Waals surface area contributed by atoms with Gasteiger partial charge >= 0.3 is 0 Å². The van der Waals surface area contributed by atoms with E-state index in [1.807, 2.05) is 47.4 Å². The first-order chi connectivity index (χ1) is 12.7.